The van der Waals surface area contributed by atoms with Gasteiger partial charge in [-0.15, -0.1) is 12.4 Å². The lowest BCUT2D eigenvalue weighted by Gasteiger charge is -2.31. The van der Waals surface area contributed by atoms with Gasteiger partial charge in [-0.25, -0.2) is 4.39 Å². The molecule has 1 aromatic carbocycles. The quantitative estimate of drug-likeness (QED) is 0.756. The van der Waals surface area contributed by atoms with E-state index in [1.807, 2.05) is 22.6 Å². The van der Waals surface area contributed by atoms with Gasteiger partial charge in [-0.1, -0.05) is 0 Å². The third-order valence-electron chi connectivity index (χ3n) is 2.91. The summed E-state index contributed by atoms with van der Waals surface area (Å²) in [5.41, 5.74) is 6.40. The van der Waals surface area contributed by atoms with Crippen molar-refractivity contribution in [3.63, 3.8) is 0 Å². The Bertz CT molecular complexity index is 444. The van der Waals surface area contributed by atoms with E-state index in [2.05, 4.69) is 0 Å². The molecule has 1 aliphatic rings. The summed E-state index contributed by atoms with van der Waals surface area (Å²) in [5, 5.41) is 0. The maximum atomic E-state index is 13.0. The molecule has 0 bridgehead atoms. The lowest BCUT2D eigenvalue weighted by atomic mass is 10.1. The molecule has 1 aromatic rings. The molecule has 0 aromatic heterocycles. The van der Waals surface area contributed by atoms with Crippen molar-refractivity contribution in [2.45, 2.75) is 18.9 Å². The minimum absolute atomic E-state index is 0. The second-order valence-electron chi connectivity index (χ2n) is 4.28. The van der Waals surface area contributed by atoms with Gasteiger partial charge in [0.25, 0.3) is 5.91 Å². The van der Waals surface area contributed by atoms with Crippen LogP contribution >= 0.6 is 35.0 Å². The highest BCUT2D eigenvalue weighted by atomic mass is 127. The number of amides is 1. The van der Waals surface area contributed by atoms with Crippen LogP contribution in [-0.4, -0.2) is 29.9 Å². The van der Waals surface area contributed by atoms with E-state index < -0.39 is 0 Å². The zero-order chi connectivity index (χ0) is 12.4. The number of carbonyl (C=O) groups excluding carboxylic acids is 1. The Kier molecular flexibility index (Phi) is 5.81. The summed E-state index contributed by atoms with van der Waals surface area (Å²) in [5.74, 6) is -0.370. The number of likely N-dealkylation sites (tertiary alicyclic amines) is 1. The summed E-state index contributed by atoms with van der Waals surface area (Å²) < 4.78 is 13.6. The van der Waals surface area contributed by atoms with Crippen LogP contribution in [-0.2, 0) is 0 Å². The topological polar surface area (TPSA) is 46.3 Å². The minimum Gasteiger partial charge on any atom is -0.337 e. The third-order valence-corrected chi connectivity index (χ3v) is 3.80. The molecule has 3 nitrogen and oxygen atoms in total. The van der Waals surface area contributed by atoms with Crippen molar-refractivity contribution in [2.24, 2.45) is 5.73 Å². The van der Waals surface area contributed by atoms with Crippen LogP contribution in [0.5, 0.6) is 0 Å². The molecule has 2 N–H and O–H groups in total. The van der Waals surface area contributed by atoms with Crippen LogP contribution in [0, 0.1) is 9.39 Å². The van der Waals surface area contributed by atoms with Crippen LogP contribution in [0.25, 0.3) is 0 Å². The minimum atomic E-state index is -0.318. The van der Waals surface area contributed by atoms with E-state index in [9.17, 15) is 9.18 Å². The maximum Gasteiger partial charge on any atom is 0.254 e. The van der Waals surface area contributed by atoms with Gasteiger partial charge in [0.05, 0.1) is 5.56 Å². The van der Waals surface area contributed by atoms with Crippen molar-refractivity contribution in [2.75, 3.05) is 13.1 Å². The molecule has 0 saturated carbocycles. The van der Waals surface area contributed by atoms with Crippen LogP contribution in [0.3, 0.4) is 0 Å². The van der Waals surface area contributed by atoms with Gasteiger partial charge in [-0.2, -0.15) is 0 Å². The van der Waals surface area contributed by atoms with Gasteiger partial charge in [0.2, 0.25) is 0 Å². The third kappa shape index (κ3) is 3.55. The van der Waals surface area contributed by atoms with E-state index >= 15 is 0 Å². The molecule has 6 heteroatoms. The molecule has 1 aliphatic heterocycles. The zero-order valence-corrected chi connectivity index (χ0v) is 12.7. The molecule has 1 heterocycles. The molecule has 18 heavy (non-hydrogen) atoms. The number of halogens is 3. The number of carbonyl (C=O) groups is 1. The SMILES string of the molecule is Cl.NC1CCCN(C(=O)c2ccc(F)cc2I)C1. The van der Waals surface area contributed by atoms with Gasteiger partial charge in [-0.05, 0) is 53.6 Å². The van der Waals surface area contributed by atoms with Gasteiger partial charge in [0.15, 0.2) is 0 Å². The molecule has 0 spiro atoms. The summed E-state index contributed by atoms with van der Waals surface area (Å²) >= 11 is 1.98. The molecule has 1 amide bonds. The van der Waals surface area contributed by atoms with E-state index in [-0.39, 0.29) is 30.2 Å². The van der Waals surface area contributed by atoms with Gasteiger partial charge in [0.1, 0.15) is 5.82 Å². The van der Waals surface area contributed by atoms with Gasteiger partial charge >= 0.3 is 0 Å². The molecule has 1 atom stereocenters. The van der Waals surface area contributed by atoms with Crippen LogP contribution in [0.1, 0.15) is 23.2 Å². The molecule has 0 aliphatic carbocycles. The Labute approximate surface area is 125 Å². The van der Waals surface area contributed by atoms with Gasteiger partial charge in [0, 0.05) is 22.7 Å². The van der Waals surface area contributed by atoms with E-state index in [1.165, 1.54) is 12.1 Å². The lowest BCUT2D eigenvalue weighted by Crippen LogP contribution is -2.45. The first-order valence-electron chi connectivity index (χ1n) is 5.58. The summed E-state index contributed by atoms with van der Waals surface area (Å²) in [6, 6.07) is 4.29. The van der Waals surface area contributed by atoms with Crippen molar-refractivity contribution in [3.8, 4) is 0 Å². The molecular weight excluding hydrogens is 369 g/mol. The number of nitrogens with two attached hydrogens (primary N) is 1. The largest absolute Gasteiger partial charge is 0.337 e. The predicted molar refractivity (Wildman–Crippen MR) is 79.5 cm³/mol. The summed E-state index contributed by atoms with van der Waals surface area (Å²) in [7, 11) is 0. The predicted octanol–water partition coefficient (Wildman–Crippen LogP) is 2.42. The Morgan fingerprint density at radius 3 is 2.83 bits per heavy atom. The van der Waals surface area contributed by atoms with Crippen molar-refractivity contribution in [1.82, 2.24) is 4.90 Å². The van der Waals surface area contributed by atoms with Gasteiger partial charge in [-0.3, -0.25) is 4.79 Å². The van der Waals surface area contributed by atoms with Crippen molar-refractivity contribution >= 4 is 40.9 Å². The highest BCUT2D eigenvalue weighted by molar-refractivity contribution is 14.1. The second-order valence-corrected chi connectivity index (χ2v) is 5.44. The Hall–Kier alpha value is -0.400. The van der Waals surface area contributed by atoms with Crippen molar-refractivity contribution in [3.05, 3.63) is 33.1 Å². The number of hydrogen-bond acceptors (Lipinski definition) is 2. The molecule has 2 rings (SSSR count). The Morgan fingerprint density at radius 2 is 2.22 bits per heavy atom. The van der Waals surface area contributed by atoms with Crippen molar-refractivity contribution in [1.29, 1.82) is 0 Å². The molecule has 100 valence electrons. The highest BCUT2D eigenvalue weighted by Gasteiger charge is 2.23. The summed E-state index contributed by atoms with van der Waals surface area (Å²) in [4.78, 5) is 14.0. The molecule has 1 unspecified atom stereocenters. The number of rotatable bonds is 1. The number of piperidine rings is 1. The van der Waals surface area contributed by atoms with E-state index in [4.69, 9.17) is 5.73 Å². The normalized spacial score (nSPS) is 19.3. The van der Waals surface area contributed by atoms with Crippen LogP contribution < -0.4 is 5.73 Å². The fourth-order valence-electron chi connectivity index (χ4n) is 2.03. The van der Waals surface area contributed by atoms with E-state index in [1.54, 1.807) is 11.0 Å². The van der Waals surface area contributed by atoms with Gasteiger partial charge < -0.3 is 10.6 Å². The summed E-state index contributed by atoms with van der Waals surface area (Å²) in [6.45, 7) is 1.33. The van der Waals surface area contributed by atoms with Crippen LogP contribution in [0.15, 0.2) is 18.2 Å². The average molecular weight is 385 g/mol. The number of nitrogens with zero attached hydrogens (tertiary/aromatic N) is 1. The van der Waals surface area contributed by atoms with Crippen LogP contribution in [0.4, 0.5) is 4.39 Å². The van der Waals surface area contributed by atoms with E-state index in [0.717, 1.165) is 19.4 Å². The Morgan fingerprint density at radius 1 is 1.50 bits per heavy atom. The zero-order valence-electron chi connectivity index (χ0n) is 9.73. The smallest absolute Gasteiger partial charge is 0.254 e. The molecule has 1 fully saturated rings. The fraction of sp³-hybridized carbons (Fsp3) is 0.417. The molecule has 1 saturated heterocycles. The summed E-state index contributed by atoms with van der Waals surface area (Å²) in [6.07, 6.45) is 1.90. The molecule has 0 radical (unpaired) electrons. The van der Waals surface area contributed by atoms with Crippen molar-refractivity contribution < 1.29 is 9.18 Å². The monoisotopic (exact) mass is 384 g/mol. The number of benzene rings is 1. The lowest BCUT2D eigenvalue weighted by molar-refractivity contribution is 0.0707. The standard InChI is InChI=1S/C12H14FIN2O.ClH/c13-8-3-4-10(11(14)6-8)12(17)16-5-1-2-9(15)7-16;/h3-4,6,9H,1-2,5,7,15H2;1H. The van der Waals surface area contributed by atoms with E-state index in [0.29, 0.717) is 15.7 Å². The van der Waals surface area contributed by atoms with Crippen LogP contribution in [0.2, 0.25) is 0 Å². The average Bonchev–Trinajstić information content (AvgIpc) is 2.28. The first-order valence-corrected chi connectivity index (χ1v) is 6.65. The highest BCUT2D eigenvalue weighted by Crippen LogP contribution is 2.18. The molecular formula is C12H15ClFIN2O. The maximum absolute atomic E-state index is 13.0. The first kappa shape index (κ1) is 15.7. The number of hydrogen-bond donors (Lipinski definition) is 1. The fourth-order valence-corrected chi connectivity index (χ4v) is 2.74. The Balaban J connectivity index is 0.00000162. The first-order chi connectivity index (χ1) is 8.08. The second kappa shape index (κ2) is 6.68.